The Morgan fingerprint density at radius 2 is 1.93 bits per heavy atom. The molecular formula is C20H21FN6O. The van der Waals surface area contributed by atoms with Crippen molar-refractivity contribution in [3.8, 4) is 0 Å². The Bertz CT molecular complexity index is 1210. The number of aromatic amines is 1. The molecular weight excluding hydrogens is 359 g/mol. The van der Waals surface area contributed by atoms with Crippen LogP contribution in [-0.4, -0.2) is 29.1 Å². The number of aromatic nitrogens is 6. The summed E-state index contributed by atoms with van der Waals surface area (Å²) in [5.74, 6) is 2.03. The molecule has 1 aliphatic rings. The van der Waals surface area contributed by atoms with Gasteiger partial charge in [-0.15, -0.1) is 5.10 Å². The molecule has 0 unspecified atom stereocenters. The molecule has 5 rings (SSSR count). The van der Waals surface area contributed by atoms with Crippen LogP contribution in [0, 0.1) is 5.82 Å². The SMILES string of the molecule is CCn1c(=O)c2[nH]c(C3CCCC3)nc2n2nc(Cc3ccc(F)cc3)nc12. The maximum absolute atomic E-state index is 13.2. The second kappa shape index (κ2) is 6.54. The van der Waals surface area contributed by atoms with Crippen molar-refractivity contribution in [2.24, 2.45) is 0 Å². The third-order valence-electron chi connectivity index (χ3n) is 5.57. The third-order valence-corrected chi connectivity index (χ3v) is 5.57. The predicted octanol–water partition coefficient (Wildman–Crippen LogP) is 3.17. The molecule has 7 nitrogen and oxygen atoms in total. The zero-order chi connectivity index (χ0) is 19.3. The summed E-state index contributed by atoms with van der Waals surface area (Å²) in [5, 5.41) is 4.62. The standard InChI is InChI=1S/C20H21FN6O/c1-2-26-19(28)16-18(24-17(23-16)13-5-3-4-6-13)27-20(26)22-15(25-27)11-12-7-9-14(21)10-8-12/h7-10,13H,2-6,11H2,1H3,(H,23,24). The van der Waals surface area contributed by atoms with E-state index in [0.717, 1.165) is 24.2 Å². The summed E-state index contributed by atoms with van der Waals surface area (Å²) in [6.45, 7) is 2.40. The number of benzene rings is 1. The normalized spacial score (nSPS) is 15.2. The highest BCUT2D eigenvalue weighted by molar-refractivity contribution is 5.72. The van der Waals surface area contributed by atoms with E-state index in [1.807, 2.05) is 6.92 Å². The summed E-state index contributed by atoms with van der Waals surface area (Å²) < 4.78 is 16.4. The fourth-order valence-corrected chi connectivity index (χ4v) is 4.11. The highest BCUT2D eigenvalue weighted by Gasteiger charge is 2.24. The minimum Gasteiger partial charge on any atom is -0.336 e. The van der Waals surface area contributed by atoms with Crippen molar-refractivity contribution < 1.29 is 4.39 Å². The van der Waals surface area contributed by atoms with Gasteiger partial charge in [0.2, 0.25) is 5.78 Å². The Labute approximate surface area is 160 Å². The van der Waals surface area contributed by atoms with Gasteiger partial charge in [0.15, 0.2) is 17.0 Å². The first kappa shape index (κ1) is 17.1. The number of hydrogen-bond acceptors (Lipinski definition) is 4. The molecule has 1 aliphatic carbocycles. The number of H-pyrrole nitrogens is 1. The van der Waals surface area contributed by atoms with Gasteiger partial charge >= 0.3 is 0 Å². The lowest BCUT2D eigenvalue weighted by Gasteiger charge is -2.02. The van der Waals surface area contributed by atoms with E-state index in [4.69, 9.17) is 4.98 Å². The molecule has 0 bridgehead atoms. The van der Waals surface area contributed by atoms with Crippen LogP contribution in [0.15, 0.2) is 29.1 Å². The zero-order valence-corrected chi connectivity index (χ0v) is 15.7. The fraction of sp³-hybridized carbons (Fsp3) is 0.400. The van der Waals surface area contributed by atoms with Gasteiger partial charge in [0.1, 0.15) is 11.6 Å². The molecule has 144 valence electrons. The van der Waals surface area contributed by atoms with Gasteiger partial charge in [0, 0.05) is 18.9 Å². The van der Waals surface area contributed by atoms with Crippen LogP contribution in [0.25, 0.3) is 16.9 Å². The molecule has 0 spiro atoms. The van der Waals surface area contributed by atoms with Gasteiger partial charge < -0.3 is 4.98 Å². The van der Waals surface area contributed by atoms with Crippen LogP contribution in [0.2, 0.25) is 0 Å². The molecule has 0 amide bonds. The molecule has 1 fully saturated rings. The number of fused-ring (bicyclic) bond motifs is 3. The van der Waals surface area contributed by atoms with E-state index in [1.165, 1.54) is 25.0 Å². The van der Waals surface area contributed by atoms with E-state index >= 15 is 0 Å². The minimum absolute atomic E-state index is 0.123. The van der Waals surface area contributed by atoms with Gasteiger partial charge in [-0.25, -0.2) is 9.37 Å². The molecule has 0 atom stereocenters. The highest BCUT2D eigenvalue weighted by Crippen LogP contribution is 2.33. The molecule has 1 aromatic carbocycles. The third kappa shape index (κ3) is 2.71. The summed E-state index contributed by atoms with van der Waals surface area (Å²) in [5.41, 5.74) is 1.80. The maximum Gasteiger partial charge on any atom is 0.281 e. The van der Waals surface area contributed by atoms with Gasteiger partial charge in [-0.2, -0.15) is 9.50 Å². The summed E-state index contributed by atoms with van der Waals surface area (Å²) in [6.07, 6.45) is 5.04. The molecule has 4 aromatic rings. The number of rotatable bonds is 4. The van der Waals surface area contributed by atoms with Crippen LogP contribution in [0.5, 0.6) is 0 Å². The lowest BCUT2D eigenvalue weighted by Crippen LogP contribution is -2.22. The molecule has 0 aliphatic heterocycles. The Morgan fingerprint density at radius 3 is 2.64 bits per heavy atom. The fourth-order valence-electron chi connectivity index (χ4n) is 4.11. The molecule has 3 heterocycles. The molecule has 0 saturated heterocycles. The van der Waals surface area contributed by atoms with E-state index in [0.29, 0.717) is 41.6 Å². The summed E-state index contributed by atoms with van der Waals surface area (Å²) in [6, 6.07) is 6.28. The molecule has 3 aromatic heterocycles. The van der Waals surface area contributed by atoms with E-state index in [9.17, 15) is 9.18 Å². The lowest BCUT2D eigenvalue weighted by atomic mass is 10.1. The number of imidazole rings is 1. The predicted molar refractivity (Wildman–Crippen MR) is 103 cm³/mol. The van der Waals surface area contributed by atoms with Crippen molar-refractivity contribution in [3.63, 3.8) is 0 Å². The second-order valence-corrected chi connectivity index (χ2v) is 7.39. The Morgan fingerprint density at radius 1 is 1.18 bits per heavy atom. The summed E-state index contributed by atoms with van der Waals surface area (Å²) >= 11 is 0. The Kier molecular flexibility index (Phi) is 3.99. The van der Waals surface area contributed by atoms with Crippen LogP contribution in [0.1, 0.15) is 55.7 Å². The van der Waals surface area contributed by atoms with Gasteiger partial charge in [0.05, 0.1) is 0 Å². The van der Waals surface area contributed by atoms with Crippen LogP contribution in [0.4, 0.5) is 4.39 Å². The van der Waals surface area contributed by atoms with Crippen LogP contribution < -0.4 is 5.56 Å². The van der Waals surface area contributed by atoms with Gasteiger partial charge in [-0.3, -0.25) is 9.36 Å². The first-order valence-corrected chi connectivity index (χ1v) is 9.76. The first-order valence-electron chi connectivity index (χ1n) is 9.76. The molecule has 0 radical (unpaired) electrons. The van der Waals surface area contributed by atoms with E-state index in [2.05, 4.69) is 15.1 Å². The van der Waals surface area contributed by atoms with E-state index in [-0.39, 0.29) is 11.4 Å². The number of halogens is 1. The summed E-state index contributed by atoms with van der Waals surface area (Å²) in [7, 11) is 0. The van der Waals surface area contributed by atoms with Crippen LogP contribution in [-0.2, 0) is 13.0 Å². The molecule has 1 saturated carbocycles. The maximum atomic E-state index is 13.2. The molecule has 1 N–H and O–H groups in total. The largest absolute Gasteiger partial charge is 0.336 e. The van der Waals surface area contributed by atoms with E-state index in [1.54, 1.807) is 21.2 Å². The smallest absolute Gasteiger partial charge is 0.281 e. The Hall–Kier alpha value is -3.03. The van der Waals surface area contributed by atoms with Gasteiger partial charge in [0.25, 0.3) is 5.56 Å². The van der Waals surface area contributed by atoms with E-state index < -0.39 is 0 Å². The second-order valence-electron chi connectivity index (χ2n) is 7.39. The lowest BCUT2D eigenvalue weighted by molar-refractivity contribution is 0.627. The van der Waals surface area contributed by atoms with Crippen molar-refractivity contribution in [2.45, 2.75) is 51.5 Å². The number of nitrogens with zero attached hydrogens (tertiary/aromatic N) is 5. The van der Waals surface area contributed by atoms with Crippen molar-refractivity contribution in [3.05, 3.63) is 57.6 Å². The topological polar surface area (TPSA) is 80.9 Å². The first-order chi connectivity index (χ1) is 13.6. The van der Waals surface area contributed by atoms with Crippen LogP contribution >= 0.6 is 0 Å². The highest BCUT2D eigenvalue weighted by atomic mass is 19.1. The Balaban J connectivity index is 1.66. The molecule has 8 heteroatoms. The quantitative estimate of drug-likeness (QED) is 0.590. The van der Waals surface area contributed by atoms with Crippen molar-refractivity contribution in [1.29, 1.82) is 0 Å². The average Bonchev–Trinajstić information content (AvgIpc) is 3.42. The minimum atomic E-state index is -0.274. The van der Waals surface area contributed by atoms with Gasteiger partial charge in [-0.05, 0) is 37.5 Å². The van der Waals surface area contributed by atoms with Crippen LogP contribution in [0.3, 0.4) is 0 Å². The van der Waals surface area contributed by atoms with Crippen molar-refractivity contribution >= 4 is 16.9 Å². The number of aryl methyl sites for hydroxylation is 1. The van der Waals surface area contributed by atoms with Crippen molar-refractivity contribution in [1.82, 2.24) is 29.1 Å². The van der Waals surface area contributed by atoms with Crippen molar-refractivity contribution in [2.75, 3.05) is 0 Å². The molecule has 28 heavy (non-hydrogen) atoms. The zero-order valence-electron chi connectivity index (χ0n) is 15.7. The number of hydrogen-bond donors (Lipinski definition) is 1. The monoisotopic (exact) mass is 380 g/mol. The summed E-state index contributed by atoms with van der Waals surface area (Å²) in [4.78, 5) is 25.6. The average molecular weight is 380 g/mol. The number of nitrogens with one attached hydrogen (secondary N) is 1. The van der Waals surface area contributed by atoms with Gasteiger partial charge in [-0.1, -0.05) is 25.0 Å².